The minimum Gasteiger partial charge on any atom is -0.481 e. The molecule has 0 aromatic carbocycles. The lowest BCUT2D eigenvalue weighted by atomic mass is 9.94. The molecule has 0 aromatic rings. The largest absolute Gasteiger partial charge is 0.481 e. The van der Waals surface area contributed by atoms with Gasteiger partial charge in [0, 0.05) is 19.5 Å². The normalized spacial score (nSPS) is 17.4. The number of carbonyl (C=O) groups is 2. The zero-order valence-corrected chi connectivity index (χ0v) is 12.9. The van der Waals surface area contributed by atoms with E-state index in [1.54, 1.807) is 13.8 Å². The topological polar surface area (TPSA) is 91.8 Å². The Labute approximate surface area is 120 Å². The van der Waals surface area contributed by atoms with Crippen molar-refractivity contribution in [2.75, 3.05) is 24.6 Å². The van der Waals surface area contributed by atoms with Crippen LogP contribution in [0, 0.1) is 11.8 Å². The average molecular weight is 305 g/mol. The third-order valence-corrected chi connectivity index (χ3v) is 5.22. The molecule has 1 aliphatic heterocycles. The molecule has 0 aromatic heterocycles. The highest BCUT2D eigenvalue weighted by atomic mass is 32.2. The van der Waals surface area contributed by atoms with Gasteiger partial charge in [0.15, 0.2) is 9.84 Å². The highest BCUT2D eigenvalue weighted by Crippen LogP contribution is 2.20. The maximum atomic E-state index is 12.0. The van der Waals surface area contributed by atoms with Crippen LogP contribution >= 0.6 is 0 Å². The molecule has 1 saturated heterocycles. The Morgan fingerprint density at radius 1 is 1.25 bits per heavy atom. The van der Waals surface area contributed by atoms with E-state index in [1.165, 1.54) is 4.90 Å². The van der Waals surface area contributed by atoms with Gasteiger partial charge in [0.1, 0.15) is 5.75 Å². The molecule has 7 heteroatoms. The fourth-order valence-corrected chi connectivity index (χ4v) is 4.17. The fourth-order valence-electron chi connectivity index (χ4n) is 2.48. The molecule has 6 nitrogen and oxygen atoms in total. The second kappa shape index (κ2) is 7.06. The summed E-state index contributed by atoms with van der Waals surface area (Å²) in [5.41, 5.74) is 0. The lowest BCUT2D eigenvalue weighted by molar-refractivity contribution is -0.138. The maximum absolute atomic E-state index is 12.0. The van der Waals surface area contributed by atoms with Crippen LogP contribution in [0.4, 0.5) is 0 Å². The molecule has 0 atom stereocenters. The third kappa shape index (κ3) is 5.90. The zero-order valence-electron chi connectivity index (χ0n) is 12.0. The summed E-state index contributed by atoms with van der Waals surface area (Å²) in [5.74, 6) is -1.50. The van der Waals surface area contributed by atoms with Gasteiger partial charge >= 0.3 is 5.97 Å². The van der Waals surface area contributed by atoms with E-state index in [9.17, 15) is 18.0 Å². The first kappa shape index (κ1) is 16.9. The van der Waals surface area contributed by atoms with Crippen LogP contribution in [0.3, 0.4) is 0 Å². The van der Waals surface area contributed by atoms with E-state index in [1.807, 2.05) is 0 Å². The molecule has 1 N–H and O–H groups in total. The van der Waals surface area contributed by atoms with Crippen LogP contribution in [0.25, 0.3) is 0 Å². The van der Waals surface area contributed by atoms with E-state index in [-0.39, 0.29) is 29.9 Å². The second-order valence-corrected chi connectivity index (χ2v) is 7.98. The van der Waals surface area contributed by atoms with Gasteiger partial charge in [0.2, 0.25) is 5.91 Å². The van der Waals surface area contributed by atoms with E-state index in [4.69, 9.17) is 5.11 Å². The molecular formula is C13H23NO5S. The number of rotatable bonds is 6. The molecule has 1 rings (SSSR count). The maximum Gasteiger partial charge on any atom is 0.303 e. The Bertz CT molecular complexity index is 449. The number of hydrogen-bond donors (Lipinski definition) is 1. The summed E-state index contributed by atoms with van der Waals surface area (Å²) < 4.78 is 23.6. The summed E-state index contributed by atoms with van der Waals surface area (Å²) in [6.45, 7) is 4.51. The number of carbonyl (C=O) groups excluding carboxylic acids is 1. The molecule has 116 valence electrons. The number of sulfone groups is 1. The number of carboxylic acids is 1. The summed E-state index contributed by atoms with van der Waals surface area (Å²) in [6.07, 6.45) is 1.37. The van der Waals surface area contributed by atoms with Crippen LogP contribution in [0.1, 0.15) is 33.1 Å². The van der Waals surface area contributed by atoms with Crippen molar-refractivity contribution in [2.45, 2.75) is 33.1 Å². The van der Waals surface area contributed by atoms with Crippen molar-refractivity contribution in [1.29, 1.82) is 0 Å². The van der Waals surface area contributed by atoms with Crippen molar-refractivity contribution >= 4 is 21.7 Å². The lowest BCUT2D eigenvalue weighted by Crippen LogP contribution is -2.42. The summed E-state index contributed by atoms with van der Waals surface area (Å²) in [6, 6.07) is 0. The molecule has 0 aliphatic carbocycles. The summed E-state index contributed by atoms with van der Waals surface area (Å²) in [7, 11) is -3.35. The van der Waals surface area contributed by atoms with E-state index in [2.05, 4.69) is 0 Å². The molecule has 0 saturated carbocycles. The molecule has 20 heavy (non-hydrogen) atoms. The highest BCUT2D eigenvalue weighted by molar-refractivity contribution is 7.92. The number of likely N-dealkylation sites (tertiary alicyclic amines) is 1. The molecule has 1 heterocycles. The quantitative estimate of drug-likeness (QED) is 0.782. The predicted octanol–water partition coefficient (Wildman–Crippen LogP) is 0.770. The minimum atomic E-state index is -3.35. The van der Waals surface area contributed by atoms with Gasteiger partial charge in [0.25, 0.3) is 0 Å². The van der Waals surface area contributed by atoms with Crippen LogP contribution < -0.4 is 0 Å². The van der Waals surface area contributed by atoms with E-state index >= 15 is 0 Å². The van der Waals surface area contributed by atoms with Crippen LogP contribution in [-0.2, 0) is 19.4 Å². The molecular weight excluding hydrogens is 282 g/mol. The van der Waals surface area contributed by atoms with Gasteiger partial charge < -0.3 is 10.0 Å². The molecule has 0 spiro atoms. The van der Waals surface area contributed by atoms with Gasteiger partial charge in [-0.1, -0.05) is 13.8 Å². The van der Waals surface area contributed by atoms with Crippen LogP contribution in [0.15, 0.2) is 0 Å². The van der Waals surface area contributed by atoms with Crippen molar-refractivity contribution in [2.24, 2.45) is 11.8 Å². The van der Waals surface area contributed by atoms with Crippen molar-refractivity contribution < 1.29 is 23.1 Å². The molecule has 0 radical (unpaired) electrons. The Balaban J connectivity index is 2.45. The lowest BCUT2D eigenvalue weighted by Gasteiger charge is -2.31. The smallest absolute Gasteiger partial charge is 0.303 e. The summed E-state index contributed by atoms with van der Waals surface area (Å²) in [5, 5.41) is 8.72. The number of nitrogens with zero attached hydrogens (tertiary/aromatic N) is 1. The first-order valence-corrected chi connectivity index (χ1v) is 8.71. The van der Waals surface area contributed by atoms with Gasteiger partial charge in [0.05, 0.1) is 5.75 Å². The van der Waals surface area contributed by atoms with E-state index in [0.29, 0.717) is 25.9 Å². The molecule has 1 amide bonds. The van der Waals surface area contributed by atoms with Crippen LogP contribution in [0.2, 0.25) is 0 Å². The van der Waals surface area contributed by atoms with Gasteiger partial charge in [-0.05, 0) is 24.7 Å². The van der Waals surface area contributed by atoms with E-state index < -0.39 is 21.6 Å². The third-order valence-electron chi connectivity index (χ3n) is 3.36. The molecule has 0 bridgehead atoms. The zero-order chi connectivity index (χ0) is 15.3. The van der Waals surface area contributed by atoms with Crippen LogP contribution in [-0.4, -0.2) is 54.9 Å². The summed E-state index contributed by atoms with van der Waals surface area (Å²) in [4.78, 5) is 24.1. The first-order valence-electron chi connectivity index (χ1n) is 6.89. The number of amides is 1. The monoisotopic (exact) mass is 305 g/mol. The number of carboxylic acid groups (broad SMARTS) is 1. The highest BCUT2D eigenvalue weighted by Gasteiger charge is 2.27. The Morgan fingerprint density at radius 3 is 2.25 bits per heavy atom. The van der Waals surface area contributed by atoms with Crippen molar-refractivity contribution in [3.8, 4) is 0 Å². The molecule has 1 fully saturated rings. The summed E-state index contributed by atoms with van der Waals surface area (Å²) >= 11 is 0. The van der Waals surface area contributed by atoms with Gasteiger partial charge in [-0.2, -0.15) is 0 Å². The van der Waals surface area contributed by atoms with Gasteiger partial charge in [-0.25, -0.2) is 8.42 Å². The van der Waals surface area contributed by atoms with Crippen LogP contribution in [0.5, 0.6) is 0 Å². The predicted molar refractivity (Wildman–Crippen MR) is 75.0 cm³/mol. The Hall–Kier alpha value is -1.11. The number of hydrogen-bond acceptors (Lipinski definition) is 4. The fraction of sp³-hybridized carbons (Fsp3) is 0.846. The Kier molecular flexibility index (Phi) is 5.98. The molecule has 1 aliphatic rings. The SMILES string of the molecule is CC(C)CS(=O)(=O)CC(=O)N1CCC(CC(=O)O)CC1. The number of aliphatic carboxylic acids is 1. The van der Waals surface area contributed by atoms with Crippen molar-refractivity contribution in [3.05, 3.63) is 0 Å². The second-order valence-electron chi connectivity index (χ2n) is 5.87. The van der Waals surface area contributed by atoms with E-state index in [0.717, 1.165) is 0 Å². The minimum absolute atomic E-state index is 0.00843. The van der Waals surface area contributed by atoms with Crippen molar-refractivity contribution in [1.82, 2.24) is 4.90 Å². The standard InChI is InChI=1S/C13H23NO5S/c1-10(2)8-20(18,19)9-12(15)14-5-3-11(4-6-14)7-13(16)17/h10-11H,3-9H2,1-2H3,(H,16,17). The Morgan fingerprint density at radius 2 is 1.80 bits per heavy atom. The first-order chi connectivity index (χ1) is 9.19. The molecule has 0 unspecified atom stereocenters. The van der Waals surface area contributed by atoms with Gasteiger partial charge in [-0.3, -0.25) is 9.59 Å². The van der Waals surface area contributed by atoms with Crippen molar-refractivity contribution in [3.63, 3.8) is 0 Å². The van der Waals surface area contributed by atoms with Gasteiger partial charge in [-0.15, -0.1) is 0 Å². The number of piperidine rings is 1. The average Bonchev–Trinajstić information content (AvgIpc) is 2.26.